The second kappa shape index (κ2) is 10.9. The number of carboxylic acids is 1. The lowest BCUT2D eigenvalue weighted by Gasteiger charge is -2.36. The number of anilines is 1. The highest BCUT2D eigenvalue weighted by Gasteiger charge is 2.58. The van der Waals surface area contributed by atoms with E-state index in [9.17, 15) is 24.3 Å². The standard InChI is InChI=1S/C32H32N2O7S/c1-16-13-23(17(2)42-16)30(36)27-26(19-7-10-22(11-8-19)33-18(3)35)29(32(38)39)34(31(37)20-5-4-6-20)28(27)21-9-12-24-25(14-21)41-15-40-24/h7-14,20,26-29H,4-6,15H2,1-3H3,(H,33,35)(H,38,39). The molecule has 9 nitrogen and oxygen atoms in total. The molecule has 4 unspecified atom stereocenters. The number of carbonyl (C=O) groups is 4. The third kappa shape index (κ3) is 4.83. The maximum absolute atomic E-state index is 14.6. The highest BCUT2D eigenvalue weighted by atomic mass is 32.1. The molecule has 4 atom stereocenters. The Morgan fingerprint density at radius 2 is 1.64 bits per heavy atom. The zero-order valence-corrected chi connectivity index (χ0v) is 24.4. The molecule has 3 aliphatic rings. The van der Waals surface area contributed by atoms with E-state index in [0.29, 0.717) is 46.7 Å². The van der Waals surface area contributed by atoms with E-state index in [4.69, 9.17) is 9.47 Å². The molecule has 2 aromatic carbocycles. The second-order valence-corrected chi connectivity index (χ2v) is 12.7. The lowest BCUT2D eigenvalue weighted by Crippen LogP contribution is -2.47. The zero-order valence-electron chi connectivity index (χ0n) is 23.6. The number of likely N-dealkylation sites (tertiary alicyclic amines) is 1. The first-order valence-corrected chi connectivity index (χ1v) is 14.9. The van der Waals surface area contributed by atoms with Gasteiger partial charge in [-0.1, -0.05) is 24.6 Å². The predicted octanol–water partition coefficient (Wildman–Crippen LogP) is 5.47. The van der Waals surface area contributed by atoms with Crippen LogP contribution in [0, 0.1) is 25.7 Å². The van der Waals surface area contributed by atoms with Gasteiger partial charge in [0.2, 0.25) is 18.6 Å². The van der Waals surface area contributed by atoms with E-state index in [0.717, 1.165) is 16.2 Å². The number of ketones is 1. The van der Waals surface area contributed by atoms with Crippen molar-refractivity contribution in [2.75, 3.05) is 12.1 Å². The maximum Gasteiger partial charge on any atom is 0.327 e. The van der Waals surface area contributed by atoms with E-state index < -0.39 is 29.9 Å². The van der Waals surface area contributed by atoms with Crippen LogP contribution in [0.1, 0.15) is 69.4 Å². The van der Waals surface area contributed by atoms with Crippen molar-refractivity contribution in [3.8, 4) is 11.5 Å². The van der Waals surface area contributed by atoms with Crippen molar-refractivity contribution in [3.63, 3.8) is 0 Å². The molecule has 3 heterocycles. The molecule has 0 spiro atoms. The van der Waals surface area contributed by atoms with Crippen LogP contribution in [0.25, 0.3) is 0 Å². The Balaban J connectivity index is 1.56. The van der Waals surface area contributed by atoms with Crippen molar-refractivity contribution in [1.29, 1.82) is 0 Å². The average molecular weight is 589 g/mol. The number of amides is 2. The average Bonchev–Trinajstić information content (AvgIpc) is 3.61. The van der Waals surface area contributed by atoms with E-state index in [2.05, 4.69) is 5.32 Å². The van der Waals surface area contributed by atoms with Gasteiger partial charge in [0.15, 0.2) is 17.3 Å². The molecule has 2 N–H and O–H groups in total. The number of aliphatic carboxylic acids is 1. The summed E-state index contributed by atoms with van der Waals surface area (Å²) in [4.78, 5) is 56.9. The molecule has 0 radical (unpaired) electrons. The highest BCUT2D eigenvalue weighted by Crippen LogP contribution is 2.54. The third-order valence-corrected chi connectivity index (χ3v) is 9.56. The number of Topliss-reactive ketones (excluding diaryl/α,β-unsaturated/α-hetero) is 1. The van der Waals surface area contributed by atoms with Crippen LogP contribution >= 0.6 is 11.3 Å². The number of hydrogen-bond donors (Lipinski definition) is 2. The summed E-state index contributed by atoms with van der Waals surface area (Å²) in [6.45, 7) is 5.29. The number of thiophene rings is 1. The summed E-state index contributed by atoms with van der Waals surface area (Å²) >= 11 is 1.51. The van der Waals surface area contributed by atoms with Crippen LogP contribution in [0.2, 0.25) is 0 Å². The Kier molecular flexibility index (Phi) is 7.26. The van der Waals surface area contributed by atoms with Crippen LogP contribution in [-0.4, -0.2) is 46.4 Å². The minimum atomic E-state index is -1.28. The Hall–Kier alpha value is -4.18. The highest BCUT2D eigenvalue weighted by molar-refractivity contribution is 7.12. The number of aryl methyl sites for hydroxylation is 2. The lowest BCUT2D eigenvalue weighted by atomic mass is 9.76. The zero-order chi connectivity index (χ0) is 29.7. The largest absolute Gasteiger partial charge is 0.480 e. The van der Waals surface area contributed by atoms with E-state index in [1.165, 1.54) is 23.2 Å². The number of nitrogens with one attached hydrogen (secondary N) is 1. The molecule has 218 valence electrons. The summed E-state index contributed by atoms with van der Waals surface area (Å²) in [5.74, 6) is -2.83. The van der Waals surface area contributed by atoms with Crippen molar-refractivity contribution in [2.45, 2.75) is 58.0 Å². The van der Waals surface area contributed by atoms with E-state index in [1.54, 1.807) is 42.5 Å². The first kappa shape index (κ1) is 28.0. The number of nitrogens with zero attached hydrogens (tertiary/aromatic N) is 1. The molecule has 2 fully saturated rings. The van der Waals surface area contributed by atoms with E-state index in [-0.39, 0.29) is 30.3 Å². The van der Waals surface area contributed by atoms with Crippen molar-refractivity contribution < 1.29 is 33.8 Å². The topological polar surface area (TPSA) is 122 Å². The monoisotopic (exact) mass is 588 g/mol. The fourth-order valence-corrected chi connectivity index (χ4v) is 7.46. The molecule has 1 saturated heterocycles. The number of benzene rings is 2. The lowest BCUT2D eigenvalue weighted by molar-refractivity contribution is -0.153. The smallest absolute Gasteiger partial charge is 0.327 e. The molecule has 10 heteroatoms. The summed E-state index contributed by atoms with van der Waals surface area (Å²) < 4.78 is 11.2. The number of hydrogen-bond acceptors (Lipinski definition) is 7. The van der Waals surface area contributed by atoms with Crippen molar-refractivity contribution >= 4 is 40.6 Å². The van der Waals surface area contributed by atoms with Gasteiger partial charge >= 0.3 is 5.97 Å². The number of rotatable bonds is 7. The van der Waals surface area contributed by atoms with E-state index >= 15 is 0 Å². The van der Waals surface area contributed by atoms with Crippen molar-refractivity contribution in [3.05, 3.63) is 75.0 Å². The molecule has 1 aromatic heterocycles. The van der Waals surface area contributed by atoms with Crippen LogP contribution in [0.3, 0.4) is 0 Å². The second-order valence-electron chi connectivity index (χ2n) is 11.3. The first-order valence-electron chi connectivity index (χ1n) is 14.1. The fourth-order valence-electron chi connectivity index (χ4n) is 6.53. The van der Waals surface area contributed by atoms with Gasteiger partial charge in [-0.05, 0) is 68.1 Å². The predicted molar refractivity (Wildman–Crippen MR) is 156 cm³/mol. The quantitative estimate of drug-likeness (QED) is 0.351. The Morgan fingerprint density at radius 3 is 2.24 bits per heavy atom. The van der Waals surface area contributed by atoms with Crippen LogP contribution in [-0.2, 0) is 14.4 Å². The van der Waals surface area contributed by atoms with Gasteiger partial charge in [0.05, 0.1) is 12.0 Å². The van der Waals surface area contributed by atoms with Gasteiger partial charge in [-0.15, -0.1) is 11.3 Å². The Morgan fingerprint density at radius 1 is 0.952 bits per heavy atom. The van der Waals surface area contributed by atoms with Gasteiger partial charge < -0.3 is 24.8 Å². The number of ether oxygens (including phenoxy) is 2. The van der Waals surface area contributed by atoms with Crippen molar-refractivity contribution in [2.24, 2.45) is 11.8 Å². The normalized spacial score (nSPS) is 23.0. The van der Waals surface area contributed by atoms with Crippen LogP contribution in [0.15, 0.2) is 48.5 Å². The molecular formula is C32H32N2O7S. The molecule has 0 bridgehead atoms. The van der Waals surface area contributed by atoms with Crippen LogP contribution in [0.4, 0.5) is 5.69 Å². The fraction of sp³-hybridized carbons (Fsp3) is 0.375. The Bertz CT molecular complexity index is 1580. The summed E-state index contributed by atoms with van der Waals surface area (Å²) in [5, 5.41) is 13.5. The molecular weight excluding hydrogens is 556 g/mol. The summed E-state index contributed by atoms with van der Waals surface area (Å²) in [6.07, 6.45) is 2.28. The molecule has 42 heavy (non-hydrogen) atoms. The molecule has 2 amide bonds. The van der Waals surface area contributed by atoms with Gasteiger partial charge in [0, 0.05) is 39.8 Å². The van der Waals surface area contributed by atoms with E-state index in [1.807, 2.05) is 19.9 Å². The minimum Gasteiger partial charge on any atom is -0.480 e. The first-order chi connectivity index (χ1) is 20.1. The van der Waals surface area contributed by atoms with Gasteiger partial charge in [-0.2, -0.15) is 0 Å². The molecule has 1 saturated carbocycles. The number of carbonyl (C=O) groups excluding carboxylic acids is 3. The van der Waals surface area contributed by atoms with Gasteiger partial charge in [-0.25, -0.2) is 4.79 Å². The maximum atomic E-state index is 14.6. The van der Waals surface area contributed by atoms with Crippen LogP contribution < -0.4 is 14.8 Å². The molecule has 6 rings (SSSR count). The van der Waals surface area contributed by atoms with Crippen molar-refractivity contribution in [1.82, 2.24) is 4.90 Å². The number of carboxylic acid groups (broad SMARTS) is 1. The van der Waals surface area contributed by atoms with Crippen LogP contribution in [0.5, 0.6) is 11.5 Å². The summed E-state index contributed by atoms with van der Waals surface area (Å²) in [6, 6.07) is 11.9. The molecule has 2 aliphatic heterocycles. The Labute approximate surface area is 247 Å². The van der Waals surface area contributed by atoms with Gasteiger partial charge in [0.1, 0.15) is 6.04 Å². The van der Waals surface area contributed by atoms with Gasteiger partial charge in [0.25, 0.3) is 0 Å². The third-order valence-electron chi connectivity index (χ3n) is 8.59. The molecule has 1 aliphatic carbocycles. The SMILES string of the molecule is CC(=O)Nc1ccc(C2C(C(=O)c3cc(C)sc3C)C(c3ccc4c(c3)OCO4)N(C(=O)C3CCC3)C2C(=O)O)cc1. The summed E-state index contributed by atoms with van der Waals surface area (Å²) in [5.41, 5.74) is 2.32. The minimum absolute atomic E-state index is 0.0604. The summed E-state index contributed by atoms with van der Waals surface area (Å²) in [7, 11) is 0. The van der Waals surface area contributed by atoms with Gasteiger partial charge in [-0.3, -0.25) is 14.4 Å². The molecule has 3 aromatic rings. The number of fused-ring (bicyclic) bond motifs is 1.